The number of ether oxygens (including phenoxy) is 2. The number of anilines is 1. The highest BCUT2D eigenvalue weighted by Crippen LogP contribution is 2.35. The molecule has 1 aromatic heterocycles. The van der Waals surface area contributed by atoms with Crippen LogP contribution in [0.15, 0.2) is 66.7 Å². The summed E-state index contributed by atoms with van der Waals surface area (Å²) in [6.45, 7) is 1.33. The van der Waals surface area contributed by atoms with Gasteiger partial charge in [0.2, 0.25) is 5.95 Å². The molecule has 2 fully saturated rings. The van der Waals surface area contributed by atoms with Crippen molar-refractivity contribution in [1.82, 2.24) is 14.5 Å². The third-order valence-corrected chi connectivity index (χ3v) is 7.99. The van der Waals surface area contributed by atoms with Gasteiger partial charge in [-0.25, -0.2) is 4.98 Å². The van der Waals surface area contributed by atoms with Gasteiger partial charge < -0.3 is 24.7 Å². The van der Waals surface area contributed by atoms with Crippen LogP contribution in [0.4, 0.5) is 5.95 Å². The molecule has 7 nitrogen and oxygen atoms in total. The Morgan fingerprint density at radius 3 is 2.51 bits per heavy atom. The molecule has 0 atom stereocenters. The lowest BCUT2D eigenvalue weighted by molar-refractivity contribution is 0.0618. The largest absolute Gasteiger partial charge is 0.496 e. The van der Waals surface area contributed by atoms with Gasteiger partial charge in [-0.15, -0.1) is 0 Å². The quantitative estimate of drug-likeness (QED) is 0.265. The SMILES string of the molecule is COc1ccc(Cn2c(N)nc3ccc(Oc4ccccc4)cc32)cc1C(=O)N(CC1CC1)C1CCCCC1. The van der Waals surface area contributed by atoms with Gasteiger partial charge in [0, 0.05) is 18.7 Å². The van der Waals surface area contributed by atoms with Crippen LogP contribution in [0, 0.1) is 5.92 Å². The molecule has 2 aliphatic rings. The lowest BCUT2D eigenvalue weighted by Gasteiger charge is -2.35. The molecule has 0 saturated heterocycles. The number of rotatable bonds is 9. The Morgan fingerprint density at radius 1 is 0.974 bits per heavy atom. The molecule has 1 heterocycles. The fourth-order valence-electron chi connectivity index (χ4n) is 5.70. The van der Waals surface area contributed by atoms with E-state index in [0.29, 0.717) is 41.5 Å². The number of carbonyl (C=O) groups is 1. The molecule has 7 heteroatoms. The third kappa shape index (κ3) is 5.58. The summed E-state index contributed by atoms with van der Waals surface area (Å²) in [6.07, 6.45) is 8.27. The van der Waals surface area contributed by atoms with Crippen molar-refractivity contribution in [3.63, 3.8) is 0 Å². The standard InChI is InChI=1S/C32H36N4O3/c1-38-30-17-14-23(18-27(30)31(37)35(20-22-12-13-22)24-8-4-2-5-9-24)21-36-29-19-26(15-16-28(29)34-32(36)33)39-25-10-6-3-7-11-25/h3,6-7,10-11,14-19,22,24H,2,4-5,8-9,12-13,20-21H2,1H3,(H2,33,34). The fraction of sp³-hybridized carbons (Fsp3) is 0.375. The average molecular weight is 525 g/mol. The van der Waals surface area contributed by atoms with E-state index in [1.165, 1.54) is 32.1 Å². The number of hydrogen-bond donors (Lipinski definition) is 1. The minimum absolute atomic E-state index is 0.0782. The molecule has 1 amide bonds. The van der Waals surface area contributed by atoms with Crippen LogP contribution in [0.2, 0.25) is 0 Å². The second-order valence-electron chi connectivity index (χ2n) is 10.8. The minimum atomic E-state index is 0.0782. The van der Waals surface area contributed by atoms with E-state index in [1.54, 1.807) is 7.11 Å². The van der Waals surface area contributed by atoms with Crippen molar-refractivity contribution in [1.29, 1.82) is 0 Å². The van der Waals surface area contributed by atoms with Gasteiger partial charge in [-0.05, 0) is 73.6 Å². The van der Waals surface area contributed by atoms with E-state index < -0.39 is 0 Å². The number of carbonyl (C=O) groups excluding carboxylic acids is 1. The van der Waals surface area contributed by atoms with E-state index in [9.17, 15) is 4.79 Å². The Morgan fingerprint density at radius 2 is 1.77 bits per heavy atom. The number of methoxy groups -OCH3 is 1. The van der Waals surface area contributed by atoms with Crippen LogP contribution >= 0.6 is 0 Å². The summed E-state index contributed by atoms with van der Waals surface area (Å²) in [6, 6.07) is 21.7. The zero-order valence-corrected chi connectivity index (χ0v) is 22.5. The van der Waals surface area contributed by atoms with Gasteiger partial charge in [0.05, 0.1) is 30.3 Å². The highest BCUT2D eigenvalue weighted by atomic mass is 16.5. The molecule has 0 unspecified atom stereocenters. The van der Waals surface area contributed by atoms with Crippen LogP contribution in [0.1, 0.15) is 60.9 Å². The van der Waals surface area contributed by atoms with Crippen LogP contribution < -0.4 is 15.2 Å². The fourth-order valence-corrected chi connectivity index (χ4v) is 5.70. The molecule has 0 bridgehead atoms. The number of amides is 1. The first-order valence-electron chi connectivity index (χ1n) is 14.1. The number of nitrogens with zero attached hydrogens (tertiary/aromatic N) is 3. The Balaban J connectivity index is 1.30. The average Bonchev–Trinajstić information content (AvgIpc) is 3.75. The smallest absolute Gasteiger partial charge is 0.257 e. The van der Waals surface area contributed by atoms with Crippen molar-refractivity contribution in [2.24, 2.45) is 5.92 Å². The summed E-state index contributed by atoms with van der Waals surface area (Å²) in [5, 5.41) is 0. The number of hydrogen-bond acceptors (Lipinski definition) is 5. The molecule has 2 aliphatic carbocycles. The predicted octanol–water partition coefficient (Wildman–Crippen LogP) is 6.65. The normalized spacial score (nSPS) is 15.8. The van der Waals surface area contributed by atoms with E-state index in [2.05, 4.69) is 9.88 Å². The van der Waals surface area contributed by atoms with Crippen molar-refractivity contribution < 1.29 is 14.3 Å². The van der Waals surface area contributed by atoms with Crippen molar-refractivity contribution in [2.75, 3.05) is 19.4 Å². The summed E-state index contributed by atoms with van der Waals surface area (Å²) in [4.78, 5) is 20.7. The maximum atomic E-state index is 14.0. The molecule has 0 aliphatic heterocycles. The summed E-state index contributed by atoms with van der Waals surface area (Å²) in [7, 11) is 1.63. The van der Waals surface area contributed by atoms with Gasteiger partial charge in [0.1, 0.15) is 17.2 Å². The number of nitrogen functional groups attached to an aromatic ring is 1. The molecular formula is C32H36N4O3. The number of nitrogens with two attached hydrogens (primary N) is 1. The molecule has 2 saturated carbocycles. The third-order valence-electron chi connectivity index (χ3n) is 7.99. The number of benzene rings is 3. The Hall–Kier alpha value is -4.00. The number of para-hydroxylation sites is 1. The summed E-state index contributed by atoms with van der Waals surface area (Å²) in [5.74, 6) is 3.22. The molecule has 4 aromatic rings. The predicted molar refractivity (Wildman–Crippen MR) is 153 cm³/mol. The van der Waals surface area contributed by atoms with Gasteiger partial charge in [-0.3, -0.25) is 4.79 Å². The zero-order valence-electron chi connectivity index (χ0n) is 22.5. The molecule has 6 rings (SSSR count). The zero-order chi connectivity index (χ0) is 26.8. The van der Waals surface area contributed by atoms with Crippen molar-refractivity contribution >= 4 is 22.9 Å². The molecule has 0 radical (unpaired) electrons. The lowest BCUT2D eigenvalue weighted by Crippen LogP contribution is -2.42. The van der Waals surface area contributed by atoms with Crippen molar-refractivity contribution in [2.45, 2.75) is 57.5 Å². The van der Waals surface area contributed by atoms with Gasteiger partial charge in [0.15, 0.2) is 0 Å². The molecule has 0 spiro atoms. The second-order valence-corrected chi connectivity index (χ2v) is 10.8. The van der Waals surface area contributed by atoms with E-state index in [1.807, 2.05) is 71.3 Å². The summed E-state index contributed by atoms with van der Waals surface area (Å²) in [5.41, 5.74) is 9.64. The van der Waals surface area contributed by atoms with E-state index >= 15 is 0 Å². The topological polar surface area (TPSA) is 82.6 Å². The first-order chi connectivity index (χ1) is 19.1. The van der Waals surface area contributed by atoms with Crippen molar-refractivity contribution in [3.8, 4) is 17.2 Å². The monoisotopic (exact) mass is 524 g/mol. The van der Waals surface area contributed by atoms with Gasteiger partial charge in [-0.2, -0.15) is 0 Å². The van der Waals surface area contributed by atoms with Gasteiger partial charge >= 0.3 is 0 Å². The van der Waals surface area contributed by atoms with Crippen LogP contribution in [0.3, 0.4) is 0 Å². The Labute approximate surface area is 229 Å². The molecular weight excluding hydrogens is 488 g/mol. The van der Waals surface area contributed by atoms with Crippen LogP contribution in [-0.2, 0) is 6.54 Å². The summed E-state index contributed by atoms with van der Waals surface area (Å²) >= 11 is 0. The highest BCUT2D eigenvalue weighted by Gasteiger charge is 2.33. The first-order valence-corrected chi connectivity index (χ1v) is 14.1. The Kier molecular flexibility index (Phi) is 7.14. The minimum Gasteiger partial charge on any atom is -0.496 e. The maximum Gasteiger partial charge on any atom is 0.257 e. The Bertz CT molecular complexity index is 1460. The van der Waals surface area contributed by atoms with Crippen molar-refractivity contribution in [3.05, 3.63) is 77.9 Å². The number of aromatic nitrogens is 2. The highest BCUT2D eigenvalue weighted by molar-refractivity contribution is 5.97. The van der Waals surface area contributed by atoms with E-state index in [4.69, 9.17) is 15.2 Å². The molecule has 3 aromatic carbocycles. The van der Waals surface area contributed by atoms with Crippen LogP contribution in [-0.4, -0.2) is 40.1 Å². The lowest BCUT2D eigenvalue weighted by atomic mass is 9.93. The number of fused-ring (bicyclic) bond motifs is 1. The van der Waals surface area contributed by atoms with E-state index in [0.717, 1.165) is 41.7 Å². The molecule has 202 valence electrons. The van der Waals surface area contributed by atoms with E-state index in [-0.39, 0.29) is 5.91 Å². The number of imidazole rings is 1. The second kappa shape index (κ2) is 11.0. The van der Waals surface area contributed by atoms with Crippen LogP contribution in [0.5, 0.6) is 17.2 Å². The maximum absolute atomic E-state index is 14.0. The van der Waals surface area contributed by atoms with Crippen LogP contribution in [0.25, 0.3) is 11.0 Å². The van der Waals surface area contributed by atoms with Gasteiger partial charge in [0.25, 0.3) is 5.91 Å². The molecule has 39 heavy (non-hydrogen) atoms. The summed E-state index contributed by atoms with van der Waals surface area (Å²) < 4.78 is 13.7. The van der Waals surface area contributed by atoms with Gasteiger partial charge in [-0.1, -0.05) is 43.5 Å². The molecule has 2 N–H and O–H groups in total. The first kappa shape index (κ1) is 25.3.